The Morgan fingerprint density at radius 1 is 1.53 bits per heavy atom. The highest BCUT2D eigenvalue weighted by Crippen LogP contribution is 2.13. The second kappa shape index (κ2) is 5.95. The topological polar surface area (TPSA) is 81.5 Å². The van der Waals surface area contributed by atoms with Crippen LogP contribution in [0.2, 0.25) is 0 Å². The van der Waals surface area contributed by atoms with E-state index in [0.717, 1.165) is 0 Å². The van der Waals surface area contributed by atoms with Gasteiger partial charge in [-0.3, -0.25) is 10.1 Å². The first-order chi connectivity index (χ1) is 8.00. The van der Waals surface area contributed by atoms with Crippen molar-refractivity contribution in [3.8, 4) is 0 Å². The normalized spacial score (nSPS) is 10.3. The van der Waals surface area contributed by atoms with Gasteiger partial charge in [0.15, 0.2) is 0 Å². The molecule has 1 aromatic carbocycles. The molecule has 6 nitrogen and oxygen atoms in total. The molecule has 0 aliphatic rings. The number of nitro groups is 1. The van der Waals surface area contributed by atoms with E-state index in [1.165, 1.54) is 24.3 Å². The lowest BCUT2D eigenvalue weighted by Gasteiger charge is -2.07. The quantitative estimate of drug-likeness (QED) is 0.626. The van der Waals surface area contributed by atoms with E-state index in [2.05, 4.69) is 5.48 Å². The van der Waals surface area contributed by atoms with Crippen LogP contribution in [0.1, 0.15) is 24.2 Å². The van der Waals surface area contributed by atoms with Gasteiger partial charge in [-0.25, -0.2) is 4.79 Å². The summed E-state index contributed by atoms with van der Waals surface area (Å²) in [5, 5.41) is 10.5. The highest BCUT2D eigenvalue weighted by Gasteiger charge is 2.12. The number of carbonyl (C=O) groups excluding carboxylic acids is 1. The maximum absolute atomic E-state index is 11.5. The molecule has 0 unspecified atom stereocenters. The predicted octanol–water partition coefficient (Wildman–Crippen LogP) is 1.91. The van der Waals surface area contributed by atoms with Crippen molar-refractivity contribution in [2.24, 2.45) is 5.92 Å². The van der Waals surface area contributed by atoms with Crippen LogP contribution in [0.5, 0.6) is 0 Å². The molecule has 6 heteroatoms. The molecule has 0 saturated heterocycles. The van der Waals surface area contributed by atoms with Gasteiger partial charge in [0.2, 0.25) is 0 Å². The molecule has 92 valence electrons. The maximum Gasteiger partial charge on any atom is 0.357 e. The number of benzene rings is 1. The molecule has 1 N–H and O–H groups in total. The smallest absolute Gasteiger partial charge is 0.357 e. The lowest BCUT2D eigenvalue weighted by molar-refractivity contribution is -0.384. The standard InChI is InChI=1S/C11H14N2O4/c1-8(2)7-12-17-11(14)9-4-3-5-10(6-9)13(15)16/h3-6,8,12H,7H2,1-2H3. The van der Waals surface area contributed by atoms with Gasteiger partial charge in [-0.1, -0.05) is 19.9 Å². The monoisotopic (exact) mass is 238 g/mol. The van der Waals surface area contributed by atoms with Gasteiger partial charge in [0.25, 0.3) is 5.69 Å². The van der Waals surface area contributed by atoms with Crippen LogP contribution >= 0.6 is 0 Å². The summed E-state index contributed by atoms with van der Waals surface area (Å²) in [6.45, 7) is 4.46. The van der Waals surface area contributed by atoms with Gasteiger partial charge in [0.1, 0.15) is 0 Å². The van der Waals surface area contributed by atoms with Crippen LogP contribution in [0.15, 0.2) is 24.3 Å². The van der Waals surface area contributed by atoms with Crippen LogP contribution in [0.3, 0.4) is 0 Å². The fourth-order valence-corrected chi connectivity index (χ4v) is 1.08. The zero-order valence-corrected chi connectivity index (χ0v) is 9.67. The number of rotatable bonds is 5. The van der Waals surface area contributed by atoms with Crippen LogP contribution in [0, 0.1) is 16.0 Å². The Morgan fingerprint density at radius 2 is 2.24 bits per heavy atom. The number of non-ortho nitro benzene ring substituents is 1. The molecule has 0 bridgehead atoms. The highest BCUT2D eigenvalue weighted by atomic mass is 16.7. The molecule has 0 amide bonds. The van der Waals surface area contributed by atoms with Crippen LogP contribution in [-0.4, -0.2) is 17.4 Å². The molecule has 0 fully saturated rings. The van der Waals surface area contributed by atoms with Gasteiger partial charge < -0.3 is 4.84 Å². The first-order valence-corrected chi connectivity index (χ1v) is 5.19. The molecule has 0 aromatic heterocycles. The average Bonchev–Trinajstić information content (AvgIpc) is 2.28. The maximum atomic E-state index is 11.5. The summed E-state index contributed by atoms with van der Waals surface area (Å²) in [4.78, 5) is 26.2. The van der Waals surface area contributed by atoms with Crippen LogP contribution in [-0.2, 0) is 4.84 Å². The number of nitrogens with zero attached hydrogens (tertiary/aromatic N) is 1. The number of carbonyl (C=O) groups is 1. The molecule has 17 heavy (non-hydrogen) atoms. The Balaban J connectivity index is 2.63. The molecule has 0 aliphatic heterocycles. The zero-order valence-electron chi connectivity index (χ0n) is 9.67. The van der Waals surface area contributed by atoms with Crippen molar-refractivity contribution in [3.63, 3.8) is 0 Å². The minimum Gasteiger partial charge on any atom is -0.367 e. The minimum absolute atomic E-state index is 0.136. The molecule has 0 atom stereocenters. The predicted molar refractivity (Wildman–Crippen MR) is 61.4 cm³/mol. The summed E-state index contributed by atoms with van der Waals surface area (Å²) in [5.74, 6) is -0.290. The van der Waals surface area contributed by atoms with E-state index in [1.807, 2.05) is 13.8 Å². The Labute approximate surface area is 98.7 Å². The molecular weight excluding hydrogens is 224 g/mol. The number of nitrogens with one attached hydrogen (secondary N) is 1. The Morgan fingerprint density at radius 3 is 2.82 bits per heavy atom. The first kappa shape index (κ1) is 13.1. The van der Waals surface area contributed by atoms with E-state index in [1.54, 1.807) is 0 Å². The van der Waals surface area contributed by atoms with E-state index in [9.17, 15) is 14.9 Å². The Hall–Kier alpha value is -1.95. The summed E-state index contributed by atoms with van der Waals surface area (Å²) < 4.78 is 0. The Kier molecular flexibility index (Phi) is 4.59. The largest absolute Gasteiger partial charge is 0.367 e. The molecular formula is C11H14N2O4. The number of hydroxylamine groups is 1. The minimum atomic E-state index is -0.630. The average molecular weight is 238 g/mol. The van der Waals surface area contributed by atoms with Crippen LogP contribution in [0.4, 0.5) is 5.69 Å². The van der Waals surface area contributed by atoms with Gasteiger partial charge in [0, 0.05) is 18.7 Å². The summed E-state index contributed by atoms with van der Waals surface area (Å²) in [6.07, 6.45) is 0. The summed E-state index contributed by atoms with van der Waals surface area (Å²) in [7, 11) is 0. The lowest BCUT2D eigenvalue weighted by Crippen LogP contribution is -2.24. The van der Waals surface area contributed by atoms with Gasteiger partial charge in [0.05, 0.1) is 10.5 Å². The van der Waals surface area contributed by atoms with Crippen molar-refractivity contribution in [3.05, 3.63) is 39.9 Å². The van der Waals surface area contributed by atoms with Crippen LogP contribution in [0.25, 0.3) is 0 Å². The van der Waals surface area contributed by atoms with Crippen molar-refractivity contribution in [2.45, 2.75) is 13.8 Å². The van der Waals surface area contributed by atoms with Crippen molar-refractivity contribution >= 4 is 11.7 Å². The van der Waals surface area contributed by atoms with Crippen molar-refractivity contribution in [1.82, 2.24) is 5.48 Å². The van der Waals surface area contributed by atoms with E-state index >= 15 is 0 Å². The molecule has 1 aromatic rings. The fraction of sp³-hybridized carbons (Fsp3) is 0.364. The van der Waals surface area contributed by atoms with Crippen molar-refractivity contribution < 1.29 is 14.6 Å². The molecule has 0 spiro atoms. The van der Waals surface area contributed by atoms with E-state index in [4.69, 9.17) is 4.84 Å². The third kappa shape index (κ3) is 4.20. The molecule has 0 saturated carbocycles. The zero-order chi connectivity index (χ0) is 12.8. The first-order valence-electron chi connectivity index (χ1n) is 5.19. The summed E-state index contributed by atoms with van der Waals surface area (Å²) >= 11 is 0. The lowest BCUT2D eigenvalue weighted by atomic mass is 10.2. The molecule has 0 radical (unpaired) electrons. The number of hydrogen-bond acceptors (Lipinski definition) is 5. The second-order valence-corrected chi connectivity index (χ2v) is 3.94. The van der Waals surface area contributed by atoms with E-state index in [-0.39, 0.29) is 11.3 Å². The van der Waals surface area contributed by atoms with Crippen molar-refractivity contribution in [2.75, 3.05) is 6.54 Å². The van der Waals surface area contributed by atoms with Gasteiger partial charge >= 0.3 is 5.97 Å². The number of hydrogen-bond donors (Lipinski definition) is 1. The van der Waals surface area contributed by atoms with E-state index in [0.29, 0.717) is 12.5 Å². The van der Waals surface area contributed by atoms with Crippen LogP contribution < -0.4 is 5.48 Å². The SMILES string of the molecule is CC(C)CNOC(=O)c1cccc([N+](=O)[O-])c1. The van der Waals surface area contributed by atoms with Crippen molar-refractivity contribution in [1.29, 1.82) is 0 Å². The molecule has 0 heterocycles. The molecule has 1 rings (SSSR count). The third-order valence-corrected chi connectivity index (χ3v) is 1.95. The van der Waals surface area contributed by atoms with Gasteiger partial charge in [-0.2, -0.15) is 5.48 Å². The third-order valence-electron chi connectivity index (χ3n) is 1.95. The van der Waals surface area contributed by atoms with Gasteiger partial charge in [-0.05, 0) is 12.0 Å². The van der Waals surface area contributed by atoms with Gasteiger partial charge in [-0.15, -0.1) is 0 Å². The van der Waals surface area contributed by atoms with E-state index < -0.39 is 10.9 Å². The summed E-state index contributed by atoms with van der Waals surface area (Å²) in [5.41, 5.74) is 2.53. The number of nitro benzene ring substituents is 1. The second-order valence-electron chi connectivity index (χ2n) is 3.94. The fourth-order valence-electron chi connectivity index (χ4n) is 1.08. The highest BCUT2D eigenvalue weighted by molar-refractivity contribution is 5.89. The summed E-state index contributed by atoms with van der Waals surface area (Å²) in [6, 6.07) is 5.40. The molecule has 0 aliphatic carbocycles. The Bertz CT molecular complexity index is 418.